The van der Waals surface area contributed by atoms with Crippen molar-refractivity contribution in [1.82, 2.24) is 4.90 Å². The van der Waals surface area contributed by atoms with Crippen LogP contribution in [0.2, 0.25) is 0 Å². The highest BCUT2D eigenvalue weighted by atomic mass is 16.3. The summed E-state index contributed by atoms with van der Waals surface area (Å²) in [5.41, 5.74) is 2.52. The molecular weight excluding hydrogens is 210 g/mol. The SMILES string of the molecule is CCCCN(C)C1CCCc2c(O)cccc21. The van der Waals surface area contributed by atoms with E-state index in [2.05, 4.69) is 24.9 Å². The van der Waals surface area contributed by atoms with E-state index in [4.69, 9.17) is 0 Å². The van der Waals surface area contributed by atoms with E-state index in [1.807, 2.05) is 12.1 Å². The molecule has 0 aromatic heterocycles. The zero-order chi connectivity index (χ0) is 12.3. The zero-order valence-electron chi connectivity index (χ0n) is 10.9. The van der Waals surface area contributed by atoms with Crippen molar-refractivity contribution in [1.29, 1.82) is 0 Å². The van der Waals surface area contributed by atoms with Gasteiger partial charge in [0.1, 0.15) is 5.75 Å². The molecule has 1 atom stereocenters. The minimum Gasteiger partial charge on any atom is -0.508 e. The van der Waals surface area contributed by atoms with Gasteiger partial charge in [-0.05, 0) is 56.5 Å². The lowest BCUT2D eigenvalue weighted by Crippen LogP contribution is -2.28. The standard InChI is InChI=1S/C15H23NO/c1-3-4-11-16(2)14-9-5-8-13-12(14)7-6-10-15(13)17/h6-7,10,14,17H,3-5,8-9,11H2,1-2H3. The summed E-state index contributed by atoms with van der Waals surface area (Å²) in [6, 6.07) is 6.46. The van der Waals surface area contributed by atoms with Gasteiger partial charge in [-0.25, -0.2) is 0 Å². The van der Waals surface area contributed by atoms with Crippen molar-refractivity contribution in [3.05, 3.63) is 29.3 Å². The summed E-state index contributed by atoms with van der Waals surface area (Å²) in [4.78, 5) is 2.45. The van der Waals surface area contributed by atoms with Gasteiger partial charge in [-0.15, -0.1) is 0 Å². The molecular formula is C15H23NO. The van der Waals surface area contributed by atoms with Gasteiger partial charge in [-0.2, -0.15) is 0 Å². The predicted octanol–water partition coefficient (Wildman–Crippen LogP) is 3.50. The summed E-state index contributed by atoms with van der Waals surface area (Å²) in [5, 5.41) is 9.91. The Bertz CT molecular complexity index is 375. The maximum atomic E-state index is 9.91. The van der Waals surface area contributed by atoms with E-state index >= 15 is 0 Å². The van der Waals surface area contributed by atoms with Gasteiger partial charge in [0.05, 0.1) is 0 Å². The molecule has 0 saturated carbocycles. The quantitative estimate of drug-likeness (QED) is 0.860. The molecule has 94 valence electrons. The van der Waals surface area contributed by atoms with Gasteiger partial charge in [-0.1, -0.05) is 25.5 Å². The molecule has 0 aliphatic heterocycles. The second-order valence-corrected chi connectivity index (χ2v) is 5.09. The van der Waals surface area contributed by atoms with Crippen LogP contribution in [0.5, 0.6) is 5.75 Å². The van der Waals surface area contributed by atoms with Gasteiger partial charge in [-0.3, -0.25) is 4.90 Å². The molecule has 0 heterocycles. The molecule has 0 fully saturated rings. The lowest BCUT2D eigenvalue weighted by atomic mass is 9.86. The fourth-order valence-corrected chi connectivity index (χ4v) is 2.83. The largest absolute Gasteiger partial charge is 0.508 e. The van der Waals surface area contributed by atoms with Crippen molar-refractivity contribution >= 4 is 0 Å². The second-order valence-electron chi connectivity index (χ2n) is 5.09. The first-order valence-corrected chi connectivity index (χ1v) is 6.75. The van der Waals surface area contributed by atoms with Gasteiger partial charge < -0.3 is 5.11 Å². The maximum absolute atomic E-state index is 9.91. The first kappa shape index (κ1) is 12.4. The Morgan fingerprint density at radius 3 is 3.00 bits per heavy atom. The Balaban J connectivity index is 2.19. The van der Waals surface area contributed by atoms with Crippen LogP contribution >= 0.6 is 0 Å². The Hall–Kier alpha value is -1.02. The van der Waals surface area contributed by atoms with Gasteiger partial charge in [0.25, 0.3) is 0 Å². The van der Waals surface area contributed by atoms with Gasteiger partial charge in [0, 0.05) is 6.04 Å². The summed E-state index contributed by atoms with van der Waals surface area (Å²) < 4.78 is 0. The van der Waals surface area contributed by atoms with Crippen molar-refractivity contribution in [2.24, 2.45) is 0 Å². The van der Waals surface area contributed by atoms with E-state index in [-0.39, 0.29) is 0 Å². The minimum atomic E-state index is 0.482. The van der Waals surface area contributed by atoms with Crippen LogP contribution in [0.3, 0.4) is 0 Å². The lowest BCUT2D eigenvalue weighted by molar-refractivity contribution is 0.217. The van der Waals surface area contributed by atoms with Crippen molar-refractivity contribution in [3.8, 4) is 5.75 Å². The first-order chi connectivity index (χ1) is 8.24. The molecule has 1 aliphatic carbocycles. The van der Waals surface area contributed by atoms with Crippen LogP contribution in [0.25, 0.3) is 0 Å². The average molecular weight is 233 g/mol. The highest BCUT2D eigenvalue weighted by Gasteiger charge is 2.24. The number of hydrogen-bond acceptors (Lipinski definition) is 2. The zero-order valence-corrected chi connectivity index (χ0v) is 10.9. The summed E-state index contributed by atoms with van der Waals surface area (Å²) in [6.45, 7) is 3.38. The van der Waals surface area contributed by atoms with Crippen LogP contribution in [0.4, 0.5) is 0 Å². The smallest absolute Gasteiger partial charge is 0.119 e. The molecule has 17 heavy (non-hydrogen) atoms. The number of unbranched alkanes of at least 4 members (excludes halogenated alkanes) is 1. The molecule has 0 spiro atoms. The highest BCUT2D eigenvalue weighted by molar-refractivity contribution is 5.42. The van der Waals surface area contributed by atoms with E-state index in [0.717, 1.165) is 13.0 Å². The minimum absolute atomic E-state index is 0.482. The molecule has 0 radical (unpaired) electrons. The van der Waals surface area contributed by atoms with Gasteiger partial charge in [0.15, 0.2) is 0 Å². The maximum Gasteiger partial charge on any atom is 0.119 e. The van der Waals surface area contributed by atoms with Crippen molar-refractivity contribution in [3.63, 3.8) is 0 Å². The number of phenolic OH excluding ortho intramolecular Hbond substituents is 1. The number of rotatable bonds is 4. The summed E-state index contributed by atoms with van der Waals surface area (Å²) in [5.74, 6) is 0.482. The normalized spacial score (nSPS) is 19.4. The molecule has 2 heteroatoms. The van der Waals surface area contributed by atoms with Crippen LogP contribution in [-0.4, -0.2) is 23.6 Å². The molecule has 0 saturated heterocycles. The van der Waals surface area contributed by atoms with Crippen LogP contribution < -0.4 is 0 Å². The summed E-state index contributed by atoms with van der Waals surface area (Å²) in [7, 11) is 2.21. The molecule has 1 aromatic rings. The fraction of sp³-hybridized carbons (Fsp3) is 0.600. The molecule has 2 rings (SSSR count). The van der Waals surface area contributed by atoms with Crippen LogP contribution in [0.15, 0.2) is 18.2 Å². The second kappa shape index (κ2) is 5.54. The van der Waals surface area contributed by atoms with E-state index < -0.39 is 0 Å². The number of hydrogen-bond donors (Lipinski definition) is 1. The van der Waals surface area contributed by atoms with E-state index in [1.54, 1.807) is 0 Å². The van der Waals surface area contributed by atoms with E-state index in [1.165, 1.54) is 36.8 Å². The highest BCUT2D eigenvalue weighted by Crippen LogP contribution is 2.37. The number of phenols is 1. The van der Waals surface area contributed by atoms with E-state index in [0.29, 0.717) is 11.8 Å². The Labute approximate surface area is 104 Å². The summed E-state index contributed by atoms with van der Waals surface area (Å²) in [6.07, 6.45) is 5.92. The fourth-order valence-electron chi connectivity index (χ4n) is 2.83. The monoisotopic (exact) mass is 233 g/mol. The van der Waals surface area contributed by atoms with Crippen LogP contribution in [-0.2, 0) is 6.42 Å². The molecule has 1 aliphatic rings. The number of fused-ring (bicyclic) bond motifs is 1. The molecule has 1 unspecified atom stereocenters. The number of aromatic hydroxyl groups is 1. The molecule has 0 bridgehead atoms. The molecule has 2 nitrogen and oxygen atoms in total. The molecule has 1 aromatic carbocycles. The number of benzene rings is 1. The lowest BCUT2D eigenvalue weighted by Gasteiger charge is -2.33. The van der Waals surface area contributed by atoms with Crippen molar-refractivity contribution in [2.75, 3.05) is 13.6 Å². The topological polar surface area (TPSA) is 23.5 Å². The Morgan fingerprint density at radius 2 is 2.24 bits per heavy atom. The first-order valence-electron chi connectivity index (χ1n) is 6.75. The van der Waals surface area contributed by atoms with Crippen LogP contribution in [0, 0.1) is 0 Å². The van der Waals surface area contributed by atoms with Crippen LogP contribution in [0.1, 0.15) is 49.8 Å². The third-order valence-electron chi connectivity index (χ3n) is 3.85. The Kier molecular flexibility index (Phi) is 4.06. The van der Waals surface area contributed by atoms with E-state index in [9.17, 15) is 5.11 Å². The average Bonchev–Trinajstić information content (AvgIpc) is 2.36. The van der Waals surface area contributed by atoms with Crippen molar-refractivity contribution in [2.45, 2.75) is 45.1 Å². The third-order valence-corrected chi connectivity index (χ3v) is 3.85. The number of nitrogens with zero attached hydrogens (tertiary/aromatic N) is 1. The third kappa shape index (κ3) is 2.63. The molecule has 0 amide bonds. The molecule has 1 N–H and O–H groups in total. The van der Waals surface area contributed by atoms with Gasteiger partial charge >= 0.3 is 0 Å². The predicted molar refractivity (Wildman–Crippen MR) is 71.3 cm³/mol. The Morgan fingerprint density at radius 1 is 1.41 bits per heavy atom. The van der Waals surface area contributed by atoms with Crippen molar-refractivity contribution < 1.29 is 5.11 Å². The van der Waals surface area contributed by atoms with Gasteiger partial charge in [0.2, 0.25) is 0 Å². The summed E-state index contributed by atoms with van der Waals surface area (Å²) >= 11 is 0.